The fourth-order valence-electron chi connectivity index (χ4n) is 1.71. The Morgan fingerprint density at radius 1 is 0.889 bits per heavy atom. The number of primary amides is 1. The van der Waals surface area contributed by atoms with E-state index in [9.17, 15) is 15.0 Å². The molecule has 1 aromatic carbocycles. The van der Waals surface area contributed by atoms with Crippen LogP contribution in [0.25, 0.3) is 0 Å². The van der Waals surface area contributed by atoms with Gasteiger partial charge >= 0.3 is 59.1 Å². The van der Waals surface area contributed by atoms with Gasteiger partial charge in [0, 0.05) is 17.4 Å². The Morgan fingerprint density at radius 3 is 1.67 bits per heavy atom. The summed E-state index contributed by atoms with van der Waals surface area (Å²) >= 11 is 0. The summed E-state index contributed by atoms with van der Waals surface area (Å²) in [6.07, 6.45) is 0. The van der Waals surface area contributed by atoms with Gasteiger partial charge in [0.15, 0.2) is 0 Å². The molecule has 0 bridgehead atoms. The van der Waals surface area contributed by atoms with Gasteiger partial charge in [0.2, 0.25) is 17.6 Å². The van der Waals surface area contributed by atoms with Gasteiger partial charge in [-0.1, -0.05) is 0 Å². The average molecular weight is 387 g/mol. The van der Waals surface area contributed by atoms with Crippen LogP contribution in [0.3, 0.4) is 0 Å². The zero-order chi connectivity index (χ0) is 17.8. The van der Waals surface area contributed by atoms with Crippen LogP contribution >= 0.6 is 0 Å². The minimum absolute atomic E-state index is 0. The third-order valence-electron chi connectivity index (χ3n) is 2.72. The maximum absolute atomic E-state index is 11.9. The number of rotatable bonds is 5. The van der Waals surface area contributed by atoms with Crippen molar-refractivity contribution in [3.05, 3.63) is 35.4 Å². The second-order valence-corrected chi connectivity index (χ2v) is 4.41. The third-order valence-corrected chi connectivity index (χ3v) is 2.72. The number of tetrazole rings is 2. The van der Waals surface area contributed by atoms with Gasteiger partial charge in [-0.3, -0.25) is 14.8 Å². The summed E-state index contributed by atoms with van der Waals surface area (Å²) in [5, 5.41) is 48.4. The summed E-state index contributed by atoms with van der Waals surface area (Å²) in [5.74, 6) is -2.97. The zero-order valence-electron chi connectivity index (χ0n) is 14.1. The molecule has 4 N–H and O–H groups in total. The van der Waals surface area contributed by atoms with E-state index in [-0.39, 0.29) is 87.7 Å². The summed E-state index contributed by atoms with van der Waals surface area (Å²) < 4.78 is 0. The quantitative estimate of drug-likeness (QED) is 0.214. The van der Waals surface area contributed by atoms with Crippen LogP contribution in [0.2, 0.25) is 0 Å². The van der Waals surface area contributed by atoms with Gasteiger partial charge in [0.05, 0.1) is 11.4 Å². The molecule has 14 nitrogen and oxygen atoms in total. The molecule has 0 radical (unpaired) electrons. The number of H-pyrrole nitrogens is 2. The SMILES string of the molecule is NC(=O)c1cc(N=C([O-])c2nn[nH]n2)cc(N=C([O-])c2nn[nH]n2)c1.[Na+].[Na+]. The van der Waals surface area contributed by atoms with Crippen LogP contribution in [0.15, 0.2) is 28.2 Å². The number of hydrogen-bond donors (Lipinski definition) is 3. The van der Waals surface area contributed by atoms with Gasteiger partial charge in [0.1, 0.15) is 0 Å². The van der Waals surface area contributed by atoms with Crippen molar-refractivity contribution in [1.29, 1.82) is 0 Å². The van der Waals surface area contributed by atoms with Crippen LogP contribution in [0.1, 0.15) is 22.0 Å². The molecule has 2 aromatic heterocycles. The molecule has 0 saturated heterocycles. The number of nitrogens with two attached hydrogens (primary N) is 1. The Kier molecular flexibility index (Phi) is 8.61. The summed E-state index contributed by atoms with van der Waals surface area (Å²) in [6, 6.07) is 3.78. The first kappa shape index (κ1) is 22.8. The smallest absolute Gasteiger partial charge is 0.856 e. The van der Waals surface area contributed by atoms with Crippen molar-refractivity contribution in [2.45, 2.75) is 0 Å². The van der Waals surface area contributed by atoms with E-state index in [1.54, 1.807) is 0 Å². The van der Waals surface area contributed by atoms with Crippen LogP contribution in [-0.4, -0.2) is 59.0 Å². The Hall–Kier alpha value is -2.23. The van der Waals surface area contributed by atoms with Crippen LogP contribution in [0.4, 0.5) is 11.4 Å². The molecule has 27 heavy (non-hydrogen) atoms. The average Bonchev–Trinajstić information content (AvgIpc) is 3.28. The molecule has 3 rings (SSSR count). The van der Waals surface area contributed by atoms with Crippen molar-refractivity contribution in [2.24, 2.45) is 15.7 Å². The van der Waals surface area contributed by atoms with E-state index < -0.39 is 17.7 Å². The van der Waals surface area contributed by atoms with Crippen molar-refractivity contribution in [1.82, 2.24) is 41.2 Å². The van der Waals surface area contributed by atoms with Crippen LogP contribution < -0.4 is 75.1 Å². The second kappa shape index (κ2) is 10.2. The number of nitrogens with one attached hydrogen (secondary N) is 2. The van der Waals surface area contributed by atoms with Gasteiger partial charge in [0.25, 0.3) is 0 Å². The Labute approximate surface area is 194 Å². The number of aromatic amines is 2. The number of carbonyl (C=O) groups excluding carboxylic acids is 1. The first-order valence-electron chi connectivity index (χ1n) is 6.47. The van der Waals surface area contributed by atoms with E-state index in [1.807, 2.05) is 0 Å². The summed E-state index contributed by atoms with van der Waals surface area (Å²) in [7, 11) is 0. The number of benzene rings is 1. The van der Waals surface area contributed by atoms with Gasteiger partial charge < -0.3 is 15.9 Å². The molecule has 0 aliphatic rings. The number of amides is 1. The number of hydrogen-bond acceptors (Lipinski definition) is 11. The second-order valence-electron chi connectivity index (χ2n) is 4.41. The van der Waals surface area contributed by atoms with Crippen LogP contribution in [0.5, 0.6) is 0 Å². The summed E-state index contributed by atoms with van der Waals surface area (Å²) in [5.41, 5.74) is 5.26. The largest absolute Gasteiger partial charge is 1.00 e. The number of aromatic nitrogens is 8. The van der Waals surface area contributed by atoms with E-state index in [2.05, 4.69) is 51.2 Å². The minimum Gasteiger partial charge on any atom is -0.856 e. The predicted molar refractivity (Wildman–Crippen MR) is 75.7 cm³/mol. The number of nitrogens with zero attached hydrogens (tertiary/aromatic N) is 8. The molecule has 126 valence electrons. The van der Waals surface area contributed by atoms with E-state index in [0.29, 0.717) is 0 Å². The molecule has 0 unspecified atom stereocenters. The van der Waals surface area contributed by atoms with Crippen molar-refractivity contribution in [3.63, 3.8) is 0 Å². The maximum atomic E-state index is 11.9. The van der Waals surface area contributed by atoms with Gasteiger partial charge in [-0.05, 0) is 28.6 Å². The number of carbonyl (C=O) groups is 1. The first-order chi connectivity index (χ1) is 12.0. The topological polar surface area (TPSA) is 223 Å². The minimum atomic E-state index is -0.814. The van der Waals surface area contributed by atoms with E-state index in [4.69, 9.17) is 5.73 Å². The Balaban J connectivity index is 0.00000182. The zero-order valence-corrected chi connectivity index (χ0v) is 18.1. The summed E-state index contributed by atoms with van der Waals surface area (Å²) in [6.45, 7) is 0. The van der Waals surface area contributed by atoms with Gasteiger partial charge in [-0.25, -0.2) is 0 Å². The molecule has 0 saturated carbocycles. The molecular weight excluding hydrogens is 380 g/mol. The Bertz CT molecular complexity index is 888. The van der Waals surface area contributed by atoms with Crippen molar-refractivity contribution < 1.29 is 74.1 Å². The molecule has 1 amide bonds. The predicted octanol–water partition coefficient (Wildman–Crippen LogP) is -9.30. The fourth-order valence-corrected chi connectivity index (χ4v) is 1.71. The van der Waals surface area contributed by atoms with E-state index in [0.717, 1.165) is 0 Å². The molecule has 0 aliphatic heterocycles. The van der Waals surface area contributed by atoms with Gasteiger partial charge in [-0.15, -0.1) is 20.4 Å². The van der Waals surface area contributed by atoms with Crippen molar-refractivity contribution in [2.75, 3.05) is 0 Å². The Morgan fingerprint density at radius 2 is 1.33 bits per heavy atom. The molecular formula is C11H7N11Na2O3. The molecule has 3 aromatic rings. The standard InChI is InChI=1S/C11H9N11O3.2Na/c12-7(23)4-1-5(13-10(24)8-15-19-20-16-8)3-6(2-4)14-11(25)9-17-21-22-18-9;;/h1-3H,(H2,12,23)(H,13,24)(H,14,25)(H,15,16,19,20)(H,17,18,21,22);;/q;2*+1/p-2. The monoisotopic (exact) mass is 387 g/mol. The first-order valence-corrected chi connectivity index (χ1v) is 6.47. The molecule has 0 aliphatic carbocycles. The van der Waals surface area contributed by atoms with Crippen LogP contribution in [0, 0.1) is 0 Å². The summed E-state index contributed by atoms with van der Waals surface area (Å²) in [4.78, 5) is 18.9. The van der Waals surface area contributed by atoms with E-state index in [1.165, 1.54) is 18.2 Å². The van der Waals surface area contributed by atoms with Gasteiger partial charge in [-0.2, -0.15) is 10.4 Å². The maximum Gasteiger partial charge on any atom is 1.00 e. The van der Waals surface area contributed by atoms with Crippen molar-refractivity contribution >= 4 is 29.1 Å². The van der Waals surface area contributed by atoms with Crippen LogP contribution in [-0.2, 0) is 0 Å². The molecule has 16 heteroatoms. The van der Waals surface area contributed by atoms with Crippen molar-refractivity contribution in [3.8, 4) is 0 Å². The number of aliphatic imine (C=N–C) groups is 2. The molecule has 0 fully saturated rings. The normalized spacial score (nSPS) is 11.4. The molecule has 0 atom stereocenters. The van der Waals surface area contributed by atoms with E-state index >= 15 is 0 Å². The fraction of sp³-hybridized carbons (Fsp3) is 0. The molecule has 0 spiro atoms. The molecule has 2 heterocycles. The third kappa shape index (κ3) is 5.88.